The Hall–Kier alpha value is -2.14. The van der Waals surface area contributed by atoms with Gasteiger partial charge in [-0.15, -0.1) is 0 Å². The molecule has 5 heteroatoms. The highest BCUT2D eigenvalue weighted by atomic mass is 16.3. The molecule has 1 aromatic heterocycles. The number of benzene rings is 1. The maximum absolute atomic E-state index is 10.3. The zero-order chi connectivity index (χ0) is 19.9. The highest BCUT2D eigenvalue weighted by Gasteiger charge is 2.28. The maximum Gasteiger partial charge on any atom is 0.225 e. The van der Waals surface area contributed by atoms with Gasteiger partial charge >= 0.3 is 0 Å². The number of anilines is 2. The largest absolute Gasteiger partial charge is 0.386 e. The molecule has 0 amide bonds. The summed E-state index contributed by atoms with van der Waals surface area (Å²) in [6, 6.07) is 8.93. The highest BCUT2D eigenvalue weighted by molar-refractivity contribution is 5.50. The lowest BCUT2D eigenvalue weighted by Crippen LogP contribution is -2.32. The summed E-state index contributed by atoms with van der Waals surface area (Å²) in [6.45, 7) is 9.82. The van der Waals surface area contributed by atoms with E-state index in [1.165, 1.54) is 29.7 Å². The van der Waals surface area contributed by atoms with Gasteiger partial charge in [-0.25, -0.2) is 4.98 Å². The molecule has 28 heavy (non-hydrogen) atoms. The maximum atomic E-state index is 10.3. The van der Waals surface area contributed by atoms with Crippen molar-refractivity contribution in [1.29, 1.82) is 0 Å². The van der Waals surface area contributed by atoms with Crippen LogP contribution < -0.4 is 10.2 Å². The number of hydrogen-bond donors (Lipinski definition) is 2. The van der Waals surface area contributed by atoms with E-state index in [0.717, 1.165) is 43.3 Å². The van der Waals surface area contributed by atoms with E-state index >= 15 is 0 Å². The standard InChI is InChI=1S/C23H32N4O/c1-5-15(2)24-22-25-20(16-6-7-16)13-21(26-22)27-11-10-17-12-19(23(3,4)28)9-8-18(17)14-27/h8-9,12-13,15-16,28H,5-7,10-11,14H2,1-4H3,(H,24,25,26)/t15-/m1/s1. The molecule has 2 aromatic rings. The molecule has 0 bridgehead atoms. The highest BCUT2D eigenvalue weighted by Crippen LogP contribution is 2.40. The second-order valence-electron chi connectivity index (χ2n) is 8.92. The summed E-state index contributed by atoms with van der Waals surface area (Å²) in [6.07, 6.45) is 4.49. The molecule has 2 aliphatic rings. The molecular weight excluding hydrogens is 348 g/mol. The van der Waals surface area contributed by atoms with E-state index in [1.807, 2.05) is 19.9 Å². The van der Waals surface area contributed by atoms with Crippen molar-refractivity contribution in [2.45, 2.75) is 77.5 Å². The number of hydrogen-bond acceptors (Lipinski definition) is 5. The Morgan fingerprint density at radius 1 is 1.21 bits per heavy atom. The van der Waals surface area contributed by atoms with E-state index in [-0.39, 0.29) is 0 Å². The molecular formula is C23H32N4O. The minimum absolute atomic E-state index is 0.365. The molecule has 0 spiro atoms. The van der Waals surface area contributed by atoms with Gasteiger partial charge in [0.15, 0.2) is 0 Å². The normalized spacial score (nSPS) is 18.0. The van der Waals surface area contributed by atoms with E-state index in [2.05, 4.69) is 42.3 Å². The molecule has 4 rings (SSSR count). The first kappa shape index (κ1) is 19.2. The SMILES string of the molecule is CC[C@@H](C)Nc1nc(C2CC2)cc(N2CCc3cc(C(C)(C)O)ccc3C2)n1. The fourth-order valence-corrected chi connectivity index (χ4v) is 3.72. The summed E-state index contributed by atoms with van der Waals surface area (Å²) in [5, 5.41) is 13.8. The van der Waals surface area contributed by atoms with Gasteiger partial charge in [0, 0.05) is 31.1 Å². The number of fused-ring (bicyclic) bond motifs is 1. The Bertz CT molecular complexity index is 854. The van der Waals surface area contributed by atoms with Crippen LogP contribution in [-0.4, -0.2) is 27.7 Å². The second kappa shape index (κ2) is 7.36. The third kappa shape index (κ3) is 4.14. The average molecular weight is 381 g/mol. The van der Waals surface area contributed by atoms with Crippen molar-refractivity contribution in [2.24, 2.45) is 0 Å². The van der Waals surface area contributed by atoms with E-state index in [9.17, 15) is 5.11 Å². The number of aromatic nitrogens is 2. The monoisotopic (exact) mass is 380 g/mol. The van der Waals surface area contributed by atoms with Crippen LogP contribution in [0.15, 0.2) is 24.3 Å². The first-order chi connectivity index (χ1) is 13.3. The predicted molar refractivity (Wildman–Crippen MR) is 114 cm³/mol. The van der Waals surface area contributed by atoms with E-state index < -0.39 is 5.60 Å². The van der Waals surface area contributed by atoms with Crippen LogP contribution in [-0.2, 0) is 18.6 Å². The first-order valence-corrected chi connectivity index (χ1v) is 10.6. The number of nitrogens with zero attached hydrogens (tertiary/aromatic N) is 3. The number of aliphatic hydroxyl groups is 1. The fraction of sp³-hybridized carbons (Fsp3) is 0.565. The van der Waals surface area contributed by atoms with Crippen LogP contribution in [0.4, 0.5) is 11.8 Å². The van der Waals surface area contributed by atoms with Gasteiger partial charge in [-0.05, 0) is 63.1 Å². The number of rotatable bonds is 6. The van der Waals surface area contributed by atoms with Gasteiger partial charge in [0.2, 0.25) is 5.95 Å². The molecule has 150 valence electrons. The Labute approximate surface area is 168 Å². The van der Waals surface area contributed by atoms with Crippen molar-refractivity contribution >= 4 is 11.8 Å². The van der Waals surface area contributed by atoms with Crippen molar-refractivity contribution in [3.63, 3.8) is 0 Å². The third-order valence-corrected chi connectivity index (χ3v) is 5.96. The zero-order valence-corrected chi connectivity index (χ0v) is 17.5. The van der Waals surface area contributed by atoms with E-state index in [0.29, 0.717) is 12.0 Å². The molecule has 0 unspecified atom stereocenters. The lowest BCUT2D eigenvalue weighted by Gasteiger charge is -2.31. The molecule has 1 aliphatic heterocycles. The quantitative estimate of drug-likeness (QED) is 0.780. The summed E-state index contributed by atoms with van der Waals surface area (Å²) < 4.78 is 0. The third-order valence-electron chi connectivity index (χ3n) is 5.96. The molecule has 1 aliphatic carbocycles. The Morgan fingerprint density at radius 2 is 2.00 bits per heavy atom. The molecule has 1 atom stereocenters. The van der Waals surface area contributed by atoms with Crippen molar-refractivity contribution in [3.05, 3.63) is 46.6 Å². The van der Waals surface area contributed by atoms with Crippen LogP contribution >= 0.6 is 0 Å². The second-order valence-corrected chi connectivity index (χ2v) is 8.92. The molecule has 2 heterocycles. The van der Waals surface area contributed by atoms with Gasteiger partial charge in [-0.3, -0.25) is 0 Å². The first-order valence-electron chi connectivity index (χ1n) is 10.6. The van der Waals surface area contributed by atoms with Crippen LogP contribution in [0.3, 0.4) is 0 Å². The molecule has 1 aromatic carbocycles. The smallest absolute Gasteiger partial charge is 0.225 e. The summed E-state index contributed by atoms with van der Waals surface area (Å²) >= 11 is 0. The molecule has 2 N–H and O–H groups in total. The Kier molecular flexibility index (Phi) is 5.04. The van der Waals surface area contributed by atoms with Crippen molar-refractivity contribution in [3.8, 4) is 0 Å². The van der Waals surface area contributed by atoms with Crippen LogP contribution in [0, 0.1) is 0 Å². The summed E-state index contributed by atoms with van der Waals surface area (Å²) in [4.78, 5) is 12.0. The average Bonchev–Trinajstić information content (AvgIpc) is 3.51. The van der Waals surface area contributed by atoms with Gasteiger partial charge < -0.3 is 15.3 Å². The Balaban J connectivity index is 1.59. The van der Waals surface area contributed by atoms with Gasteiger partial charge in [0.05, 0.1) is 11.3 Å². The van der Waals surface area contributed by atoms with Gasteiger partial charge in [-0.1, -0.05) is 25.1 Å². The van der Waals surface area contributed by atoms with Gasteiger partial charge in [0.1, 0.15) is 5.82 Å². The van der Waals surface area contributed by atoms with Gasteiger partial charge in [-0.2, -0.15) is 4.98 Å². The van der Waals surface area contributed by atoms with Crippen molar-refractivity contribution in [2.75, 3.05) is 16.8 Å². The minimum atomic E-state index is -0.797. The Morgan fingerprint density at radius 3 is 2.68 bits per heavy atom. The number of nitrogens with one attached hydrogen (secondary N) is 1. The lowest BCUT2D eigenvalue weighted by atomic mass is 9.91. The van der Waals surface area contributed by atoms with Crippen LogP contribution in [0.25, 0.3) is 0 Å². The minimum Gasteiger partial charge on any atom is -0.386 e. The molecule has 0 radical (unpaired) electrons. The van der Waals surface area contributed by atoms with Crippen LogP contribution in [0.1, 0.15) is 75.3 Å². The lowest BCUT2D eigenvalue weighted by molar-refractivity contribution is 0.0785. The van der Waals surface area contributed by atoms with Gasteiger partial charge in [0.25, 0.3) is 0 Å². The molecule has 5 nitrogen and oxygen atoms in total. The zero-order valence-electron chi connectivity index (χ0n) is 17.5. The van der Waals surface area contributed by atoms with Crippen molar-refractivity contribution < 1.29 is 5.11 Å². The van der Waals surface area contributed by atoms with Crippen LogP contribution in [0.2, 0.25) is 0 Å². The topological polar surface area (TPSA) is 61.3 Å². The van der Waals surface area contributed by atoms with Crippen LogP contribution in [0.5, 0.6) is 0 Å². The molecule has 1 saturated carbocycles. The summed E-state index contributed by atoms with van der Waals surface area (Å²) in [5.74, 6) is 2.39. The fourth-order valence-electron chi connectivity index (χ4n) is 3.72. The summed E-state index contributed by atoms with van der Waals surface area (Å²) in [5.41, 5.74) is 4.03. The molecule has 0 saturated heterocycles. The van der Waals surface area contributed by atoms with Crippen molar-refractivity contribution in [1.82, 2.24) is 9.97 Å². The summed E-state index contributed by atoms with van der Waals surface area (Å²) in [7, 11) is 0. The van der Waals surface area contributed by atoms with E-state index in [1.54, 1.807) is 0 Å². The molecule has 1 fully saturated rings. The van der Waals surface area contributed by atoms with E-state index in [4.69, 9.17) is 9.97 Å². The predicted octanol–water partition coefficient (Wildman–Crippen LogP) is 4.35.